The molecule has 0 radical (unpaired) electrons. The van der Waals surface area contributed by atoms with Crippen LogP contribution in [0.5, 0.6) is 0 Å². The predicted octanol–water partition coefficient (Wildman–Crippen LogP) is 2.79. The Bertz CT molecular complexity index is 253. The lowest BCUT2D eigenvalue weighted by atomic mass is 10.2. The highest BCUT2D eigenvalue weighted by atomic mass is 16.3. The van der Waals surface area contributed by atoms with Crippen molar-refractivity contribution in [2.24, 2.45) is 0 Å². The third kappa shape index (κ3) is 3.23. The Morgan fingerprint density at radius 3 is 2.69 bits per heavy atom. The second-order valence-corrected chi connectivity index (χ2v) is 3.47. The molecular formula is C11H19NO. The molecule has 1 aromatic rings. The number of unbranched alkanes of at least 4 members (excludes halogenated alkanes) is 1. The molecule has 2 nitrogen and oxygen atoms in total. The van der Waals surface area contributed by atoms with Crippen molar-refractivity contribution in [2.45, 2.75) is 40.2 Å². The molecule has 0 aromatic carbocycles. The van der Waals surface area contributed by atoms with Gasteiger partial charge in [0.25, 0.3) is 0 Å². The van der Waals surface area contributed by atoms with Crippen molar-refractivity contribution in [3.8, 4) is 0 Å². The van der Waals surface area contributed by atoms with Gasteiger partial charge in [0.1, 0.15) is 11.5 Å². The topological polar surface area (TPSA) is 25.2 Å². The molecule has 1 N–H and O–H groups in total. The van der Waals surface area contributed by atoms with Gasteiger partial charge in [0.05, 0.1) is 0 Å². The summed E-state index contributed by atoms with van der Waals surface area (Å²) in [6.45, 7) is 8.24. The van der Waals surface area contributed by atoms with Crippen LogP contribution in [0.2, 0.25) is 0 Å². The molecule has 0 saturated carbocycles. The molecule has 0 fully saturated rings. The highest BCUT2D eigenvalue weighted by Crippen LogP contribution is 2.12. The first-order valence-corrected chi connectivity index (χ1v) is 5.00. The van der Waals surface area contributed by atoms with Crippen molar-refractivity contribution in [1.82, 2.24) is 5.32 Å². The maximum atomic E-state index is 5.43. The minimum Gasteiger partial charge on any atom is -0.466 e. The van der Waals surface area contributed by atoms with Gasteiger partial charge in [-0.1, -0.05) is 13.3 Å². The van der Waals surface area contributed by atoms with Crippen LogP contribution in [0.4, 0.5) is 0 Å². The van der Waals surface area contributed by atoms with Crippen molar-refractivity contribution in [3.05, 3.63) is 23.2 Å². The fourth-order valence-corrected chi connectivity index (χ4v) is 1.38. The van der Waals surface area contributed by atoms with E-state index in [1.54, 1.807) is 0 Å². The largest absolute Gasteiger partial charge is 0.466 e. The number of aryl methyl sites for hydroxylation is 2. The van der Waals surface area contributed by atoms with Gasteiger partial charge in [0, 0.05) is 12.1 Å². The Hall–Kier alpha value is -0.760. The average Bonchev–Trinajstić information content (AvgIpc) is 2.39. The summed E-state index contributed by atoms with van der Waals surface area (Å²) in [5.74, 6) is 2.05. The Morgan fingerprint density at radius 2 is 2.15 bits per heavy atom. The molecule has 0 unspecified atom stereocenters. The molecule has 0 aliphatic heterocycles. The quantitative estimate of drug-likeness (QED) is 0.707. The number of hydrogen-bond donors (Lipinski definition) is 1. The monoisotopic (exact) mass is 181 g/mol. The second kappa shape index (κ2) is 5.07. The van der Waals surface area contributed by atoms with Gasteiger partial charge in [-0.05, 0) is 32.9 Å². The van der Waals surface area contributed by atoms with Crippen LogP contribution in [0.3, 0.4) is 0 Å². The average molecular weight is 181 g/mol. The van der Waals surface area contributed by atoms with Crippen LogP contribution in [0, 0.1) is 13.8 Å². The summed E-state index contributed by atoms with van der Waals surface area (Å²) in [7, 11) is 0. The van der Waals surface area contributed by atoms with Crippen LogP contribution in [0.25, 0.3) is 0 Å². The molecule has 0 saturated heterocycles. The molecule has 0 bridgehead atoms. The lowest BCUT2D eigenvalue weighted by Gasteiger charge is -2.01. The summed E-state index contributed by atoms with van der Waals surface area (Å²) in [5.41, 5.74) is 1.29. The molecule has 74 valence electrons. The van der Waals surface area contributed by atoms with Gasteiger partial charge in [-0.3, -0.25) is 0 Å². The molecule has 13 heavy (non-hydrogen) atoms. The highest BCUT2D eigenvalue weighted by molar-refractivity contribution is 5.19. The number of rotatable bonds is 5. The smallest absolute Gasteiger partial charge is 0.105 e. The van der Waals surface area contributed by atoms with Gasteiger partial charge in [0.15, 0.2) is 0 Å². The van der Waals surface area contributed by atoms with Crippen molar-refractivity contribution in [3.63, 3.8) is 0 Å². The Labute approximate surface area is 80.3 Å². The van der Waals surface area contributed by atoms with Gasteiger partial charge >= 0.3 is 0 Å². The van der Waals surface area contributed by atoms with E-state index >= 15 is 0 Å². The molecule has 0 amide bonds. The summed E-state index contributed by atoms with van der Waals surface area (Å²) in [6, 6.07) is 2.11. The molecule has 2 heteroatoms. The lowest BCUT2D eigenvalue weighted by molar-refractivity contribution is 0.498. The fraction of sp³-hybridized carbons (Fsp3) is 0.636. The second-order valence-electron chi connectivity index (χ2n) is 3.47. The molecule has 1 aromatic heterocycles. The summed E-state index contributed by atoms with van der Waals surface area (Å²) in [4.78, 5) is 0. The van der Waals surface area contributed by atoms with E-state index in [0.29, 0.717) is 0 Å². The van der Waals surface area contributed by atoms with Crippen LogP contribution in [-0.2, 0) is 6.54 Å². The van der Waals surface area contributed by atoms with Gasteiger partial charge in [-0.2, -0.15) is 0 Å². The molecule has 1 rings (SSSR count). The van der Waals surface area contributed by atoms with E-state index in [1.807, 2.05) is 13.8 Å². The van der Waals surface area contributed by atoms with Gasteiger partial charge in [-0.15, -0.1) is 0 Å². The molecule has 0 atom stereocenters. The molecule has 0 aliphatic rings. The Kier molecular flexibility index (Phi) is 4.03. The van der Waals surface area contributed by atoms with Crippen LogP contribution in [-0.4, -0.2) is 6.54 Å². The first kappa shape index (κ1) is 10.3. The van der Waals surface area contributed by atoms with Gasteiger partial charge in [0.2, 0.25) is 0 Å². The van der Waals surface area contributed by atoms with Crippen LogP contribution in [0.15, 0.2) is 10.5 Å². The standard InChI is InChI=1S/C11H19NO/c1-4-5-6-12-8-11-7-9(2)13-10(11)3/h7,12H,4-6,8H2,1-3H3. The zero-order chi connectivity index (χ0) is 9.68. The van der Waals surface area contributed by atoms with E-state index in [4.69, 9.17) is 4.42 Å². The Balaban J connectivity index is 2.32. The van der Waals surface area contributed by atoms with Crippen LogP contribution < -0.4 is 5.32 Å². The first-order chi connectivity index (χ1) is 6.24. The van der Waals surface area contributed by atoms with E-state index in [0.717, 1.165) is 24.6 Å². The molecule has 0 spiro atoms. The predicted molar refractivity (Wildman–Crippen MR) is 54.8 cm³/mol. The normalized spacial score (nSPS) is 10.7. The van der Waals surface area contributed by atoms with Crippen molar-refractivity contribution < 1.29 is 4.42 Å². The van der Waals surface area contributed by atoms with Crippen LogP contribution in [0.1, 0.15) is 36.8 Å². The fourth-order valence-electron chi connectivity index (χ4n) is 1.38. The maximum Gasteiger partial charge on any atom is 0.105 e. The van der Waals surface area contributed by atoms with Crippen molar-refractivity contribution >= 4 is 0 Å². The van der Waals surface area contributed by atoms with E-state index in [1.165, 1.54) is 18.4 Å². The lowest BCUT2D eigenvalue weighted by Crippen LogP contribution is -2.14. The van der Waals surface area contributed by atoms with Crippen LogP contribution >= 0.6 is 0 Å². The molecule has 0 aliphatic carbocycles. The minimum atomic E-state index is 0.934. The van der Waals surface area contributed by atoms with Gasteiger partial charge < -0.3 is 9.73 Å². The summed E-state index contributed by atoms with van der Waals surface area (Å²) < 4.78 is 5.43. The number of furan rings is 1. The zero-order valence-corrected chi connectivity index (χ0v) is 8.81. The third-order valence-electron chi connectivity index (χ3n) is 2.17. The van der Waals surface area contributed by atoms with E-state index in [2.05, 4.69) is 18.3 Å². The SMILES string of the molecule is CCCCNCc1cc(C)oc1C. The summed E-state index contributed by atoms with van der Waals surface area (Å²) >= 11 is 0. The number of nitrogens with one attached hydrogen (secondary N) is 1. The third-order valence-corrected chi connectivity index (χ3v) is 2.17. The van der Waals surface area contributed by atoms with Crippen molar-refractivity contribution in [2.75, 3.05) is 6.54 Å². The number of hydrogen-bond acceptors (Lipinski definition) is 2. The zero-order valence-electron chi connectivity index (χ0n) is 8.81. The highest BCUT2D eigenvalue weighted by Gasteiger charge is 2.02. The van der Waals surface area contributed by atoms with E-state index < -0.39 is 0 Å². The van der Waals surface area contributed by atoms with E-state index in [9.17, 15) is 0 Å². The molecular weight excluding hydrogens is 162 g/mol. The summed E-state index contributed by atoms with van der Waals surface area (Å²) in [6.07, 6.45) is 2.49. The van der Waals surface area contributed by atoms with Gasteiger partial charge in [-0.25, -0.2) is 0 Å². The first-order valence-electron chi connectivity index (χ1n) is 5.00. The minimum absolute atomic E-state index is 0.934. The van der Waals surface area contributed by atoms with E-state index in [-0.39, 0.29) is 0 Å². The van der Waals surface area contributed by atoms with Crippen molar-refractivity contribution in [1.29, 1.82) is 0 Å². The Morgan fingerprint density at radius 1 is 1.38 bits per heavy atom. The summed E-state index contributed by atoms with van der Waals surface area (Å²) in [5, 5.41) is 3.40. The molecule has 1 heterocycles. The maximum absolute atomic E-state index is 5.43.